The van der Waals surface area contributed by atoms with Crippen molar-refractivity contribution in [1.29, 1.82) is 0 Å². The Balaban J connectivity index is 1.22. The highest BCUT2D eigenvalue weighted by molar-refractivity contribution is 7.91. The Morgan fingerprint density at radius 1 is 1.06 bits per heavy atom. The van der Waals surface area contributed by atoms with Crippen LogP contribution in [0.3, 0.4) is 0 Å². The minimum absolute atomic E-state index is 0.0311. The third-order valence-electron chi connectivity index (χ3n) is 10.0. The zero-order valence-corrected chi connectivity index (χ0v) is 28.2. The van der Waals surface area contributed by atoms with Gasteiger partial charge in [0.05, 0.1) is 18.3 Å². The Labute approximate surface area is 288 Å². The van der Waals surface area contributed by atoms with E-state index in [4.69, 9.17) is 4.74 Å². The molecule has 50 heavy (non-hydrogen) atoms. The molecule has 3 aliphatic heterocycles. The number of sulfonamides is 1. The van der Waals surface area contributed by atoms with Crippen LogP contribution in [0.1, 0.15) is 43.7 Å². The van der Waals surface area contributed by atoms with Crippen LogP contribution in [-0.2, 0) is 51.8 Å². The summed E-state index contributed by atoms with van der Waals surface area (Å²) >= 11 is 0. The second-order valence-electron chi connectivity index (χ2n) is 13.5. The highest BCUT2D eigenvalue weighted by Crippen LogP contribution is 2.45. The number of amides is 6. The number of nitrogens with one attached hydrogen (secondary N) is 3. The average molecular weight is 715 g/mol. The van der Waals surface area contributed by atoms with Gasteiger partial charge in [-0.05, 0) is 37.0 Å². The lowest BCUT2D eigenvalue weighted by molar-refractivity contribution is -0.147. The van der Waals surface area contributed by atoms with Crippen LogP contribution < -0.4 is 15.4 Å². The number of likely N-dealkylation sites (tertiary alicyclic amines) is 2. The highest BCUT2D eigenvalue weighted by Gasteiger charge is 2.62. The molecule has 4 fully saturated rings. The normalized spacial score (nSPS) is 26.2. The van der Waals surface area contributed by atoms with Gasteiger partial charge in [0.15, 0.2) is 0 Å². The number of halogens is 1. The predicted octanol–water partition coefficient (Wildman–Crippen LogP) is 0.0658. The van der Waals surface area contributed by atoms with E-state index in [0.29, 0.717) is 24.0 Å². The molecule has 2 aliphatic carbocycles. The Morgan fingerprint density at radius 3 is 2.38 bits per heavy atom. The summed E-state index contributed by atoms with van der Waals surface area (Å²) in [5.41, 5.74) is -0.647. The summed E-state index contributed by atoms with van der Waals surface area (Å²) in [6.45, 7) is 8.47. The minimum Gasteiger partial charge on any atom is -0.444 e. The molecule has 2 saturated carbocycles. The van der Waals surface area contributed by atoms with Gasteiger partial charge in [0.2, 0.25) is 33.7 Å². The van der Waals surface area contributed by atoms with Gasteiger partial charge in [-0.3, -0.25) is 33.6 Å². The maximum Gasteiger partial charge on any atom is 0.410 e. The van der Waals surface area contributed by atoms with Gasteiger partial charge in [-0.2, -0.15) is 0 Å². The first-order chi connectivity index (χ1) is 23.7. The van der Waals surface area contributed by atoms with Crippen molar-refractivity contribution in [2.24, 2.45) is 11.8 Å². The van der Waals surface area contributed by atoms with E-state index in [-0.39, 0.29) is 51.5 Å². The van der Waals surface area contributed by atoms with E-state index < -0.39 is 86.4 Å². The molecule has 2 saturated heterocycles. The van der Waals surface area contributed by atoms with Crippen LogP contribution in [0.4, 0.5) is 9.18 Å². The van der Waals surface area contributed by atoms with Crippen molar-refractivity contribution in [3.63, 3.8) is 0 Å². The second kappa shape index (κ2) is 13.2. The first-order valence-corrected chi connectivity index (χ1v) is 17.9. The molecular weight excluding hydrogens is 675 g/mol. The molecule has 5 unspecified atom stereocenters. The van der Waals surface area contributed by atoms with Crippen molar-refractivity contribution in [2.45, 2.75) is 74.7 Å². The molecular formula is C33H39FN6O9S. The largest absolute Gasteiger partial charge is 0.444 e. The molecule has 3 heterocycles. The van der Waals surface area contributed by atoms with Crippen molar-refractivity contribution < 1.29 is 46.3 Å². The number of ether oxygens (including phenoxy) is 1. The molecule has 0 spiro atoms. The molecule has 15 nitrogen and oxygen atoms in total. The van der Waals surface area contributed by atoms with Crippen LogP contribution in [-0.4, -0.2) is 107 Å². The van der Waals surface area contributed by atoms with Crippen LogP contribution in [0.2, 0.25) is 0 Å². The smallest absolute Gasteiger partial charge is 0.410 e. The molecule has 1 aromatic carbocycles. The number of fused-ring (bicyclic) bond motifs is 1. The molecule has 0 bridgehead atoms. The number of hydrogen-bond acceptors (Lipinski definition) is 9. The molecule has 17 heteroatoms. The Morgan fingerprint density at radius 2 is 1.78 bits per heavy atom. The molecule has 268 valence electrons. The van der Waals surface area contributed by atoms with E-state index in [0.717, 1.165) is 6.08 Å². The van der Waals surface area contributed by atoms with Crippen LogP contribution in [0.5, 0.6) is 0 Å². The monoisotopic (exact) mass is 714 g/mol. The van der Waals surface area contributed by atoms with Gasteiger partial charge in [0.25, 0.3) is 5.91 Å². The zero-order chi connectivity index (χ0) is 36.1. The van der Waals surface area contributed by atoms with Crippen molar-refractivity contribution in [3.05, 3.63) is 60.5 Å². The van der Waals surface area contributed by atoms with Gasteiger partial charge in [-0.15, -0.1) is 6.58 Å². The summed E-state index contributed by atoms with van der Waals surface area (Å²) in [4.78, 5) is 83.1. The van der Waals surface area contributed by atoms with Gasteiger partial charge in [-0.25, -0.2) is 17.6 Å². The number of nitrogens with zero attached hydrogens (tertiary/aromatic N) is 3. The molecule has 6 rings (SSSR count). The minimum atomic E-state index is -3.94. The molecule has 6 amide bonds. The fraction of sp³-hybridized carbons (Fsp3) is 0.515. The van der Waals surface area contributed by atoms with Crippen molar-refractivity contribution in [1.82, 2.24) is 30.1 Å². The van der Waals surface area contributed by atoms with E-state index in [2.05, 4.69) is 28.5 Å². The number of carbonyl (C=O) groups excluding carboxylic acids is 6. The van der Waals surface area contributed by atoms with E-state index in [9.17, 15) is 41.6 Å². The van der Waals surface area contributed by atoms with Crippen LogP contribution in [0, 0.1) is 17.7 Å². The average Bonchev–Trinajstić information content (AvgIpc) is 3.93. The lowest BCUT2D eigenvalue weighted by Gasteiger charge is -2.43. The number of hydrogen-bond donors (Lipinski definition) is 3. The summed E-state index contributed by atoms with van der Waals surface area (Å²) in [5, 5.41) is 4.61. The molecule has 0 radical (unpaired) electrons. The summed E-state index contributed by atoms with van der Waals surface area (Å²) < 4.78 is 47.4. The fourth-order valence-corrected chi connectivity index (χ4v) is 8.30. The van der Waals surface area contributed by atoms with E-state index in [1.54, 1.807) is 6.07 Å². The molecule has 5 aliphatic rings. The first-order valence-electron chi connectivity index (χ1n) is 16.4. The van der Waals surface area contributed by atoms with E-state index in [1.165, 1.54) is 39.8 Å². The van der Waals surface area contributed by atoms with Crippen LogP contribution in [0.25, 0.3) is 0 Å². The van der Waals surface area contributed by atoms with E-state index in [1.807, 2.05) is 0 Å². The van der Waals surface area contributed by atoms with Crippen LogP contribution in [0.15, 0.2) is 43.5 Å². The molecule has 1 aromatic rings. The first kappa shape index (κ1) is 35.0. The van der Waals surface area contributed by atoms with Gasteiger partial charge in [0, 0.05) is 50.4 Å². The number of carbonyl (C=O) groups is 6. The standard InChI is InChI=1S/C33H39FN6O9S/c1-4-21-12-33(21,31(45)37-50(47,48)23-9-10-23)36-29(43)26-11-22(49-32(46)39-13-19-7-6-8-25(34)24(19)17-39)16-40(26)30(44)28(35-18(3)41)20-14-38(15-20)27(42)5-2/h4-8,20-23,26,28H,1-2,9-17H2,3H3,(H,35,41)(H,36,43)(H,37,45). The Kier molecular flexibility index (Phi) is 9.22. The number of rotatable bonds is 11. The lowest BCUT2D eigenvalue weighted by Crippen LogP contribution is -2.64. The predicted molar refractivity (Wildman–Crippen MR) is 173 cm³/mol. The summed E-state index contributed by atoms with van der Waals surface area (Å²) in [6.07, 6.45) is 1.49. The maximum absolute atomic E-state index is 14.4. The summed E-state index contributed by atoms with van der Waals surface area (Å²) in [6, 6.07) is 2.09. The van der Waals surface area contributed by atoms with Crippen molar-refractivity contribution in [2.75, 3.05) is 19.6 Å². The Hall–Kier alpha value is -4.80. The van der Waals surface area contributed by atoms with Gasteiger partial charge in [0.1, 0.15) is 29.5 Å². The Bertz CT molecular complexity index is 1780. The lowest BCUT2D eigenvalue weighted by atomic mass is 9.90. The summed E-state index contributed by atoms with van der Waals surface area (Å²) in [7, 11) is -3.94. The molecule has 0 aromatic heterocycles. The molecule has 5 atom stereocenters. The second-order valence-corrected chi connectivity index (χ2v) is 15.5. The van der Waals surface area contributed by atoms with Crippen molar-refractivity contribution >= 4 is 45.7 Å². The SMILES string of the molecule is C=CC(=O)N1CC(C(NC(C)=O)C(=O)N2CC(OC(=O)N3Cc4cccc(F)c4C3)CC2C(=O)NC2(C(=O)NS(=O)(=O)C3CC3)CC2C=C)C1. The topological polar surface area (TPSA) is 192 Å². The molecule has 3 N–H and O–H groups in total. The quantitative estimate of drug-likeness (QED) is 0.210. The highest BCUT2D eigenvalue weighted by atomic mass is 32.2. The summed E-state index contributed by atoms with van der Waals surface area (Å²) in [5.74, 6) is -4.81. The van der Waals surface area contributed by atoms with Gasteiger partial charge >= 0.3 is 6.09 Å². The fourth-order valence-electron chi connectivity index (χ4n) is 6.93. The third kappa shape index (κ3) is 6.69. The maximum atomic E-state index is 14.4. The van der Waals surface area contributed by atoms with Gasteiger partial charge < -0.3 is 25.2 Å². The van der Waals surface area contributed by atoms with Crippen molar-refractivity contribution in [3.8, 4) is 0 Å². The van der Waals surface area contributed by atoms with Gasteiger partial charge in [-0.1, -0.05) is 24.8 Å². The van der Waals surface area contributed by atoms with E-state index >= 15 is 0 Å². The zero-order valence-electron chi connectivity index (χ0n) is 27.4. The van der Waals surface area contributed by atoms with Crippen LogP contribution >= 0.6 is 0 Å². The number of benzene rings is 1. The third-order valence-corrected chi connectivity index (χ3v) is 11.9.